The summed E-state index contributed by atoms with van der Waals surface area (Å²) in [5.41, 5.74) is 1.04. The minimum Gasteiger partial charge on any atom is -0.497 e. The largest absolute Gasteiger partial charge is 0.497 e. The number of carbonyl (C=O) groups excluding carboxylic acids is 1. The molecule has 0 bridgehead atoms. The van der Waals surface area contributed by atoms with Crippen LogP contribution in [-0.2, 0) is 10.0 Å². The van der Waals surface area contributed by atoms with E-state index in [1.807, 2.05) is 35.7 Å². The number of hydrazone groups is 1. The Morgan fingerprint density at radius 2 is 1.84 bits per heavy atom. The fourth-order valence-electron chi connectivity index (χ4n) is 4.10. The molecule has 1 amide bonds. The number of anilines is 1. The maximum Gasteiger partial charge on any atom is 0.280 e. The highest BCUT2D eigenvalue weighted by molar-refractivity contribution is 7.89. The molecule has 192 valence electrons. The van der Waals surface area contributed by atoms with Crippen LogP contribution in [0.3, 0.4) is 0 Å². The van der Waals surface area contributed by atoms with Crippen molar-refractivity contribution in [1.82, 2.24) is 9.29 Å². The Morgan fingerprint density at radius 1 is 1.08 bits per heavy atom. The number of hydrogen-bond acceptors (Lipinski definition) is 8. The van der Waals surface area contributed by atoms with Gasteiger partial charge in [0, 0.05) is 23.5 Å². The maximum atomic E-state index is 13.6. The van der Waals surface area contributed by atoms with Crippen molar-refractivity contribution < 1.29 is 17.9 Å². The van der Waals surface area contributed by atoms with Crippen LogP contribution < -0.4 is 9.75 Å². The van der Waals surface area contributed by atoms with Crippen LogP contribution in [-0.4, -0.2) is 50.0 Å². The molecule has 5 rings (SSSR count). The average molecular weight is 555 g/mol. The molecule has 8 nitrogen and oxygen atoms in total. The van der Waals surface area contributed by atoms with Gasteiger partial charge in [0.25, 0.3) is 5.91 Å². The van der Waals surface area contributed by atoms with Gasteiger partial charge in [-0.3, -0.25) is 4.79 Å². The van der Waals surface area contributed by atoms with Gasteiger partial charge in [0.2, 0.25) is 15.2 Å². The number of methoxy groups -OCH3 is 1. The Morgan fingerprint density at radius 3 is 2.51 bits per heavy atom. The number of thiazole rings is 1. The van der Waals surface area contributed by atoms with Crippen LogP contribution in [0, 0.1) is 0 Å². The summed E-state index contributed by atoms with van der Waals surface area (Å²) in [7, 11) is -2.01. The third-order valence-corrected chi connectivity index (χ3v) is 9.82. The first-order chi connectivity index (χ1) is 18.0. The molecule has 0 radical (unpaired) electrons. The maximum absolute atomic E-state index is 13.6. The van der Waals surface area contributed by atoms with E-state index in [0.29, 0.717) is 29.5 Å². The lowest BCUT2D eigenvalue weighted by atomic mass is 10.2. The van der Waals surface area contributed by atoms with E-state index in [1.165, 1.54) is 51.9 Å². The second kappa shape index (κ2) is 11.1. The van der Waals surface area contributed by atoms with Crippen molar-refractivity contribution in [3.63, 3.8) is 0 Å². The van der Waals surface area contributed by atoms with E-state index in [-0.39, 0.29) is 4.90 Å². The molecular formula is C26H26N4O4S3. The van der Waals surface area contributed by atoms with Gasteiger partial charge in [-0.2, -0.15) is 14.4 Å². The smallest absolute Gasteiger partial charge is 0.280 e. The van der Waals surface area contributed by atoms with Crippen LogP contribution in [0.1, 0.15) is 40.9 Å². The first-order valence-electron chi connectivity index (χ1n) is 11.9. The number of ether oxygens (including phenoxy) is 1. The number of aromatic nitrogens is 1. The molecule has 11 heteroatoms. The van der Waals surface area contributed by atoms with Crippen molar-refractivity contribution >= 4 is 60.2 Å². The van der Waals surface area contributed by atoms with Crippen LogP contribution in [0.2, 0.25) is 0 Å². The molecule has 0 aliphatic carbocycles. The molecule has 2 aromatic heterocycles. The second-order valence-electron chi connectivity index (χ2n) is 8.55. The standard InChI is InChI=1S/C26H26N4O4S3/c1-34-20-10-13-23-24(17-20)36-26(28-23)30(27-18-21-7-6-16-35-21)25(31)19-8-11-22(12-9-19)37(32,33)29-14-4-2-3-5-15-29/h6-13,16-18H,2-5,14-15H2,1H3/b27-18+. The van der Waals surface area contributed by atoms with Crippen LogP contribution in [0.25, 0.3) is 10.2 Å². The number of amides is 1. The van der Waals surface area contributed by atoms with Gasteiger partial charge in [0.15, 0.2) is 0 Å². The molecule has 1 aliphatic heterocycles. The SMILES string of the molecule is COc1ccc2nc(N(/N=C/c3cccs3)C(=O)c3ccc(S(=O)(=O)N4CCCCCC4)cc3)sc2c1. The Hall–Kier alpha value is -3.12. The molecule has 4 aromatic rings. The quantitative estimate of drug-likeness (QED) is 0.219. The monoisotopic (exact) mass is 554 g/mol. The van der Waals surface area contributed by atoms with Gasteiger partial charge < -0.3 is 4.74 Å². The van der Waals surface area contributed by atoms with Crippen molar-refractivity contribution in [2.75, 3.05) is 25.2 Å². The lowest BCUT2D eigenvalue weighted by molar-refractivity contribution is 0.0987. The number of thiophene rings is 1. The fraction of sp³-hybridized carbons (Fsp3) is 0.269. The highest BCUT2D eigenvalue weighted by Crippen LogP contribution is 2.32. The number of fused-ring (bicyclic) bond motifs is 1. The lowest BCUT2D eigenvalue weighted by Gasteiger charge is -2.20. The first-order valence-corrected chi connectivity index (χ1v) is 15.1. The number of hydrogen-bond donors (Lipinski definition) is 0. The molecule has 0 atom stereocenters. The van der Waals surface area contributed by atoms with Gasteiger partial charge in [0.1, 0.15) is 5.75 Å². The molecule has 0 spiro atoms. The number of rotatable bonds is 7. The highest BCUT2D eigenvalue weighted by Gasteiger charge is 2.26. The molecule has 0 N–H and O–H groups in total. The van der Waals surface area contributed by atoms with E-state index in [4.69, 9.17) is 4.74 Å². The van der Waals surface area contributed by atoms with Crippen LogP contribution in [0.4, 0.5) is 5.13 Å². The third-order valence-electron chi connectivity index (χ3n) is 6.11. The van der Waals surface area contributed by atoms with E-state index in [9.17, 15) is 13.2 Å². The summed E-state index contributed by atoms with van der Waals surface area (Å²) < 4.78 is 34.0. The Bertz CT molecular complexity index is 1510. The predicted octanol–water partition coefficient (Wildman–Crippen LogP) is 5.61. The van der Waals surface area contributed by atoms with Gasteiger partial charge in [-0.1, -0.05) is 30.2 Å². The summed E-state index contributed by atoms with van der Waals surface area (Å²) in [5.74, 6) is 0.293. The first kappa shape index (κ1) is 25.5. The number of sulfonamides is 1. The topological polar surface area (TPSA) is 92.2 Å². The number of nitrogens with zero attached hydrogens (tertiary/aromatic N) is 4. The van der Waals surface area contributed by atoms with Gasteiger partial charge >= 0.3 is 0 Å². The van der Waals surface area contributed by atoms with Crippen LogP contribution >= 0.6 is 22.7 Å². The summed E-state index contributed by atoms with van der Waals surface area (Å²) in [6, 6.07) is 15.4. The van der Waals surface area contributed by atoms with Crippen molar-refractivity contribution in [2.45, 2.75) is 30.6 Å². The zero-order chi connectivity index (χ0) is 25.8. The molecule has 1 saturated heterocycles. The Balaban J connectivity index is 1.46. The van der Waals surface area contributed by atoms with E-state index in [2.05, 4.69) is 10.1 Å². The minimum atomic E-state index is -3.61. The lowest BCUT2D eigenvalue weighted by Crippen LogP contribution is -2.32. The van der Waals surface area contributed by atoms with Crippen LogP contribution in [0.15, 0.2) is 70.0 Å². The Labute approximate surface area is 223 Å². The summed E-state index contributed by atoms with van der Waals surface area (Å²) in [6.07, 6.45) is 5.43. The van der Waals surface area contributed by atoms with E-state index >= 15 is 0 Å². The van der Waals surface area contributed by atoms with Crippen molar-refractivity contribution in [3.8, 4) is 5.75 Å². The summed E-state index contributed by atoms with van der Waals surface area (Å²) in [6.45, 7) is 1.05. The summed E-state index contributed by atoms with van der Waals surface area (Å²) in [4.78, 5) is 19.3. The van der Waals surface area contributed by atoms with Crippen LogP contribution in [0.5, 0.6) is 5.75 Å². The summed E-state index contributed by atoms with van der Waals surface area (Å²) >= 11 is 2.83. The van der Waals surface area contributed by atoms with Gasteiger partial charge in [0.05, 0.1) is 28.4 Å². The molecule has 0 saturated carbocycles. The fourth-order valence-corrected chi connectivity index (χ4v) is 7.15. The number of benzene rings is 2. The molecular weight excluding hydrogens is 529 g/mol. The van der Waals surface area contributed by atoms with Crippen molar-refractivity contribution in [3.05, 3.63) is 70.4 Å². The molecule has 1 fully saturated rings. The third kappa shape index (κ3) is 5.59. The van der Waals surface area contributed by atoms with Crippen molar-refractivity contribution in [2.24, 2.45) is 5.10 Å². The van der Waals surface area contributed by atoms with E-state index in [0.717, 1.165) is 40.8 Å². The van der Waals surface area contributed by atoms with E-state index < -0.39 is 15.9 Å². The number of carbonyl (C=O) groups is 1. The Kier molecular flexibility index (Phi) is 7.65. The van der Waals surface area contributed by atoms with Gasteiger partial charge in [-0.15, -0.1) is 11.3 Å². The average Bonchev–Trinajstić information content (AvgIpc) is 3.50. The van der Waals surface area contributed by atoms with Crippen molar-refractivity contribution in [1.29, 1.82) is 0 Å². The normalized spacial score (nSPS) is 15.2. The predicted molar refractivity (Wildman–Crippen MR) is 149 cm³/mol. The minimum absolute atomic E-state index is 0.187. The van der Waals surface area contributed by atoms with E-state index in [1.54, 1.807) is 17.6 Å². The molecule has 1 aliphatic rings. The molecule has 2 aromatic carbocycles. The zero-order valence-corrected chi connectivity index (χ0v) is 22.7. The summed E-state index contributed by atoms with van der Waals surface area (Å²) in [5, 5.41) is 8.06. The molecule has 3 heterocycles. The zero-order valence-electron chi connectivity index (χ0n) is 20.2. The van der Waals surface area contributed by atoms with Gasteiger partial charge in [-0.25, -0.2) is 13.4 Å². The van der Waals surface area contributed by atoms with Gasteiger partial charge in [-0.05, 0) is 66.8 Å². The highest BCUT2D eigenvalue weighted by atomic mass is 32.2. The second-order valence-corrected chi connectivity index (χ2v) is 12.5. The molecule has 0 unspecified atom stereocenters. The molecule has 37 heavy (non-hydrogen) atoms.